The zero-order chi connectivity index (χ0) is 10.7. The second-order valence-corrected chi connectivity index (χ2v) is 3.90. The Hall–Kier alpha value is -1.57. The van der Waals surface area contributed by atoms with Crippen molar-refractivity contribution in [2.24, 2.45) is 0 Å². The number of benzene rings is 1. The summed E-state index contributed by atoms with van der Waals surface area (Å²) in [5.41, 5.74) is 1.50. The standard InChI is InChI=1S/C13H14O2/c14-9-10-6-7-13(15)12(8-10)11-4-2-1-3-5-11/h2,4,6-9,11,15H,1,3,5H2. The van der Waals surface area contributed by atoms with Crippen molar-refractivity contribution >= 4 is 6.29 Å². The highest BCUT2D eigenvalue weighted by Crippen LogP contribution is 2.33. The van der Waals surface area contributed by atoms with Crippen LogP contribution in [-0.2, 0) is 0 Å². The normalized spacial score (nSPS) is 20.1. The molecule has 1 unspecified atom stereocenters. The molecule has 0 bridgehead atoms. The molecule has 0 heterocycles. The number of phenolic OH excluding ortho intramolecular Hbond substituents is 1. The number of carbonyl (C=O) groups is 1. The van der Waals surface area contributed by atoms with Gasteiger partial charge in [-0.05, 0) is 37.5 Å². The largest absolute Gasteiger partial charge is 0.508 e. The molecule has 0 saturated heterocycles. The van der Waals surface area contributed by atoms with Crippen LogP contribution in [0, 0.1) is 0 Å². The molecule has 1 atom stereocenters. The van der Waals surface area contributed by atoms with Gasteiger partial charge < -0.3 is 5.11 Å². The summed E-state index contributed by atoms with van der Waals surface area (Å²) in [6.07, 6.45) is 8.38. The van der Waals surface area contributed by atoms with Crippen molar-refractivity contribution in [3.05, 3.63) is 41.5 Å². The first-order valence-electron chi connectivity index (χ1n) is 5.26. The first-order valence-corrected chi connectivity index (χ1v) is 5.26. The molecule has 1 aromatic rings. The Kier molecular flexibility index (Phi) is 2.86. The average Bonchev–Trinajstić information content (AvgIpc) is 2.31. The van der Waals surface area contributed by atoms with Gasteiger partial charge in [0.2, 0.25) is 0 Å². The van der Waals surface area contributed by atoms with E-state index in [4.69, 9.17) is 0 Å². The molecular formula is C13H14O2. The maximum atomic E-state index is 10.7. The minimum atomic E-state index is 0.263. The van der Waals surface area contributed by atoms with Gasteiger partial charge in [0.15, 0.2) is 0 Å². The van der Waals surface area contributed by atoms with Gasteiger partial charge in [0.05, 0.1) is 0 Å². The maximum Gasteiger partial charge on any atom is 0.150 e. The minimum Gasteiger partial charge on any atom is -0.508 e. The first-order chi connectivity index (χ1) is 7.31. The van der Waals surface area contributed by atoms with Gasteiger partial charge in [0.1, 0.15) is 12.0 Å². The summed E-state index contributed by atoms with van der Waals surface area (Å²) in [6, 6.07) is 5.02. The molecule has 1 aromatic carbocycles. The zero-order valence-corrected chi connectivity index (χ0v) is 8.52. The molecular weight excluding hydrogens is 188 g/mol. The number of allylic oxidation sites excluding steroid dienone is 2. The molecule has 0 aromatic heterocycles. The van der Waals surface area contributed by atoms with Crippen molar-refractivity contribution in [2.75, 3.05) is 0 Å². The van der Waals surface area contributed by atoms with Crippen LogP contribution in [0.3, 0.4) is 0 Å². The van der Waals surface area contributed by atoms with Gasteiger partial charge in [-0.1, -0.05) is 12.2 Å². The summed E-state index contributed by atoms with van der Waals surface area (Å²) >= 11 is 0. The lowest BCUT2D eigenvalue weighted by atomic mass is 9.88. The molecule has 1 N–H and O–H groups in total. The molecule has 0 spiro atoms. The third-order valence-electron chi connectivity index (χ3n) is 2.84. The van der Waals surface area contributed by atoms with Crippen LogP contribution in [-0.4, -0.2) is 11.4 Å². The molecule has 0 radical (unpaired) electrons. The number of hydrogen-bond donors (Lipinski definition) is 1. The highest BCUT2D eigenvalue weighted by molar-refractivity contribution is 5.75. The highest BCUT2D eigenvalue weighted by atomic mass is 16.3. The van der Waals surface area contributed by atoms with Crippen LogP contribution in [0.4, 0.5) is 0 Å². The Morgan fingerprint density at radius 1 is 1.40 bits per heavy atom. The SMILES string of the molecule is O=Cc1ccc(O)c(C2C=CCCC2)c1. The van der Waals surface area contributed by atoms with Crippen LogP contribution in [0.25, 0.3) is 0 Å². The van der Waals surface area contributed by atoms with Crippen LogP contribution in [0.1, 0.15) is 41.1 Å². The quantitative estimate of drug-likeness (QED) is 0.591. The summed E-state index contributed by atoms with van der Waals surface area (Å²) in [6.45, 7) is 0. The number of hydrogen-bond acceptors (Lipinski definition) is 2. The lowest BCUT2D eigenvalue weighted by molar-refractivity contribution is 0.112. The smallest absolute Gasteiger partial charge is 0.150 e. The van der Waals surface area contributed by atoms with Gasteiger partial charge in [0.25, 0.3) is 0 Å². The van der Waals surface area contributed by atoms with Gasteiger partial charge >= 0.3 is 0 Å². The first kappa shape index (κ1) is 9.97. The monoisotopic (exact) mass is 202 g/mol. The average molecular weight is 202 g/mol. The Morgan fingerprint density at radius 3 is 2.93 bits per heavy atom. The van der Waals surface area contributed by atoms with E-state index in [9.17, 15) is 9.90 Å². The summed E-state index contributed by atoms with van der Waals surface area (Å²) in [5.74, 6) is 0.552. The summed E-state index contributed by atoms with van der Waals surface area (Å²) in [4.78, 5) is 10.7. The van der Waals surface area contributed by atoms with E-state index in [1.165, 1.54) is 0 Å². The Labute approximate surface area is 89.2 Å². The van der Waals surface area contributed by atoms with E-state index in [0.29, 0.717) is 5.56 Å². The van der Waals surface area contributed by atoms with E-state index in [-0.39, 0.29) is 11.7 Å². The minimum absolute atomic E-state index is 0.263. The summed E-state index contributed by atoms with van der Waals surface area (Å²) in [7, 11) is 0. The van der Waals surface area contributed by atoms with Crippen LogP contribution in [0.2, 0.25) is 0 Å². The van der Waals surface area contributed by atoms with E-state index in [1.807, 2.05) is 0 Å². The van der Waals surface area contributed by atoms with Crippen molar-refractivity contribution in [1.29, 1.82) is 0 Å². The lowest BCUT2D eigenvalue weighted by Crippen LogP contribution is -2.00. The number of phenols is 1. The fraction of sp³-hybridized carbons (Fsp3) is 0.308. The van der Waals surface area contributed by atoms with Gasteiger partial charge in [-0.3, -0.25) is 4.79 Å². The molecule has 0 fully saturated rings. The molecule has 1 aliphatic rings. The maximum absolute atomic E-state index is 10.7. The Bertz CT molecular complexity index is 394. The van der Waals surface area contributed by atoms with Crippen LogP contribution >= 0.6 is 0 Å². The summed E-state index contributed by atoms with van der Waals surface area (Å²) in [5, 5.41) is 9.73. The predicted molar refractivity (Wildman–Crippen MR) is 59.2 cm³/mol. The fourth-order valence-corrected chi connectivity index (χ4v) is 2.01. The lowest BCUT2D eigenvalue weighted by Gasteiger charge is -2.18. The van der Waals surface area contributed by atoms with E-state index >= 15 is 0 Å². The molecule has 0 aliphatic heterocycles. The van der Waals surface area contributed by atoms with Crippen LogP contribution in [0.5, 0.6) is 5.75 Å². The number of aldehydes is 1. The highest BCUT2D eigenvalue weighted by Gasteiger charge is 2.14. The second-order valence-electron chi connectivity index (χ2n) is 3.90. The molecule has 78 valence electrons. The summed E-state index contributed by atoms with van der Waals surface area (Å²) < 4.78 is 0. The topological polar surface area (TPSA) is 37.3 Å². The Balaban J connectivity index is 2.36. The molecule has 0 saturated carbocycles. The Morgan fingerprint density at radius 2 is 2.27 bits per heavy atom. The molecule has 2 nitrogen and oxygen atoms in total. The predicted octanol–water partition coefficient (Wildman–Crippen LogP) is 3.03. The number of aromatic hydroxyl groups is 1. The van der Waals surface area contributed by atoms with Gasteiger partial charge in [-0.15, -0.1) is 0 Å². The third-order valence-corrected chi connectivity index (χ3v) is 2.84. The molecule has 2 heteroatoms. The van der Waals surface area contributed by atoms with E-state index in [2.05, 4.69) is 12.2 Å². The van der Waals surface area contributed by atoms with E-state index < -0.39 is 0 Å². The number of rotatable bonds is 2. The van der Waals surface area contributed by atoms with Crippen molar-refractivity contribution in [3.8, 4) is 5.75 Å². The zero-order valence-electron chi connectivity index (χ0n) is 8.52. The van der Waals surface area contributed by atoms with Gasteiger partial charge in [-0.2, -0.15) is 0 Å². The molecule has 2 rings (SSSR count). The van der Waals surface area contributed by atoms with E-state index in [0.717, 1.165) is 31.1 Å². The van der Waals surface area contributed by atoms with Crippen molar-refractivity contribution in [3.63, 3.8) is 0 Å². The number of carbonyl (C=O) groups excluding carboxylic acids is 1. The van der Waals surface area contributed by atoms with Crippen LogP contribution in [0.15, 0.2) is 30.4 Å². The second kappa shape index (κ2) is 4.30. The van der Waals surface area contributed by atoms with Crippen LogP contribution < -0.4 is 0 Å². The van der Waals surface area contributed by atoms with Crippen molar-refractivity contribution in [2.45, 2.75) is 25.2 Å². The van der Waals surface area contributed by atoms with Gasteiger partial charge in [0, 0.05) is 17.0 Å². The third kappa shape index (κ3) is 2.09. The molecule has 0 amide bonds. The van der Waals surface area contributed by atoms with Crippen molar-refractivity contribution < 1.29 is 9.90 Å². The molecule has 15 heavy (non-hydrogen) atoms. The van der Waals surface area contributed by atoms with Gasteiger partial charge in [-0.25, -0.2) is 0 Å². The van der Waals surface area contributed by atoms with E-state index in [1.54, 1.807) is 18.2 Å². The van der Waals surface area contributed by atoms with Crippen molar-refractivity contribution in [1.82, 2.24) is 0 Å². The fourth-order valence-electron chi connectivity index (χ4n) is 2.01. The molecule has 1 aliphatic carbocycles.